The summed E-state index contributed by atoms with van der Waals surface area (Å²) in [6, 6.07) is 0. The maximum absolute atomic E-state index is 11.6. The molecule has 0 saturated heterocycles. The Balaban J connectivity index is 2.45. The number of aryl methyl sites for hydroxylation is 1. The molecule has 0 atom stereocenters. The average Bonchev–Trinajstić information content (AvgIpc) is 2.58. The number of hydrogen-bond acceptors (Lipinski definition) is 4. The normalized spacial score (nSPS) is 11.1. The monoisotopic (exact) mass is 239 g/mol. The molecule has 0 bridgehead atoms. The summed E-state index contributed by atoms with van der Waals surface area (Å²) in [6.45, 7) is 5.15. The first-order valence-electron chi connectivity index (χ1n) is 5.27. The molecule has 1 aromatic rings. The van der Waals surface area contributed by atoms with E-state index in [1.54, 1.807) is 38.6 Å². The maximum atomic E-state index is 11.6. The second kappa shape index (κ2) is 4.99. The summed E-state index contributed by atoms with van der Waals surface area (Å²) in [5.41, 5.74) is -0.573. The summed E-state index contributed by atoms with van der Waals surface area (Å²) >= 11 is 0. The van der Waals surface area contributed by atoms with Crippen LogP contribution in [0.15, 0.2) is 12.4 Å². The van der Waals surface area contributed by atoms with Gasteiger partial charge in [-0.3, -0.25) is 4.79 Å². The third kappa shape index (κ3) is 4.26. The third-order valence-electron chi connectivity index (χ3n) is 1.86. The third-order valence-corrected chi connectivity index (χ3v) is 1.86. The summed E-state index contributed by atoms with van der Waals surface area (Å²) in [7, 11) is 1.72. The Morgan fingerprint density at radius 1 is 1.47 bits per heavy atom. The van der Waals surface area contributed by atoms with Gasteiger partial charge in [0.1, 0.15) is 5.60 Å². The van der Waals surface area contributed by atoms with Crippen molar-refractivity contribution >= 4 is 11.9 Å². The van der Waals surface area contributed by atoms with E-state index in [0.29, 0.717) is 5.82 Å². The lowest BCUT2D eigenvalue weighted by Gasteiger charge is -2.19. The van der Waals surface area contributed by atoms with E-state index in [2.05, 4.69) is 10.3 Å². The van der Waals surface area contributed by atoms with Gasteiger partial charge in [0.2, 0.25) is 5.78 Å². The van der Waals surface area contributed by atoms with E-state index in [0.717, 1.165) is 0 Å². The maximum Gasteiger partial charge on any atom is 0.408 e. The largest absolute Gasteiger partial charge is 0.444 e. The molecule has 0 spiro atoms. The molecular weight excluding hydrogens is 222 g/mol. The molecule has 0 aliphatic carbocycles. The van der Waals surface area contributed by atoms with Crippen molar-refractivity contribution in [3.63, 3.8) is 0 Å². The van der Waals surface area contributed by atoms with Gasteiger partial charge in [-0.2, -0.15) is 0 Å². The summed E-state index contributed by atoms with van der Waals surface area (Å²) in [5.74, 6) is 0.0458. The average molecular weight is 239 g/mol. The van der Waals surface area contributed by atoms with Crippen LogP contribution in [0.3, 0.4) is 0 Å². The first-order chi connectivity index (χ1) is 7.79. The molecule has 0 aromatic carbocycles. The molecule has 1 amide bonds. The Hall–Kier alpha value is -1.85. The number of nitrogens with one attached hydrogen (secondary N) is 1. The molecule has 0 unspecified atom stereocenters. The quantitative estimate of drug-likeness (QED) is 0.802. The fraction of sp³-hybridized carbons (Fsp3) is 0.545. The Morgan fingerprint density at radius 2 is 2.12 bits per heavy atom. The number of amides is 1. The van der Waals surface area contributed by atoms with Gasteiger partial charge in [-0.15, -0.1) is 0 Å². The number of alkyl carbamates (subject to hydrolysis) is 1. The van der Waals surface area contributed by atoms with Crippen LogP contribution in [0.25, 0.3) is 0 Å². The van der Waals surface area contributed by atoms with Crippen molar-refractivity contribution in [2.75, 3.05) is 6.54 Å². The number of carbonyl (C=O) groups excluding carboxylic acids is 2. The van der Waals surface area contributed by atoms with Crippen LogP contribution in [-0.4, -0.2) is 33.6 Å². The Bertz CT molecular complexity index is 418. The van der Waals surface area contributed by atoms with E-state index in [1.165, 1.54) is 6.20 Å². The molecule has 0 saturated carbocycles. The van der Waals surface area contributed by atoms with Gasteiger partial charge < -0.3 is 14.6 Å². The molecule has 1 rings (SSSR count). The van der Waals surface area contributed by atoms with Gasteiger partial charge >= 0.3 is 6.09 Å². The molecule has 0 radical (unpaired) electrons. The second-order valence-electron chi connectivity index (χ2n) is 4.64. The minimum atomic E-state index is -0.611. The van der Waals surface area contributed by atoms with Gasteiger partial charge in [0, 0.05) is 19.4 Å². The predicted molar refractivity (Wildman–Crippen MR) is 61.8 cm³/mol. The van der Waals surface area contributed by atoms with Crippen LogP contribution in [0.2, 0.25) is 0 Å². The van der Waals surface area contributed by atoms with Crippen LogP contribution >= 0.6 is 0 Å². The number of hydrogen-bond donors (Lipinski definition) is 1. The molecule has 1 aromatic heterocycles. The van der Waals surface area contributed by atoms with Gasteiger partial charge in [-0.05, 0) is 20.8 Å². The summed E-state index contributed by atoms with van der Waals surface area (Å²) in [4.78, 5) is 26.8. The number of Topliss-reactive ketones (excluding diaryl/α,β-unsaturated/α-hetero) is 1. The zero-order chi connectivity index (χ0) is 13.1. The zero-order valence-corrected chi connectivity index (χ0v) is 10.5. The summed E-state index contributed by atoms with van der Waals surface area (Å²) in [5, 5.41) is 2.39. The molecule has 17 heavy (non-hydrogen) atoms. The van der Waals surface area contributed by atoms with Crippen molar-refractivity contribution in [1.82, 2.24) is 14.9 Å². The van der Waals surface area contributed by atoms with Gasteiger partial charge in [0.25, 0.3) is 0 Å². The van der Waals surface area contributed by atoms with Crippen molar-refractivity contribution < 1.29 is 14.3 Å². The number of aromatic nitrogens is 2. The van der Waals surface area contributed by atoms with Crippen molar-refractivity contribution in [3.8, 4) is 0 Å². The van der Waals surface area contributed by atoms with Gasteiger partial charge in [0.05, 0.1) is 6.54 Å². The van der Waals surface area contributed by atoms with E-state index in [4.69, 9.17) is 4.74 Å². The van der Waals surface area contributed by atoms with E-state index in [-0.39, 0.29) is 12.3 Å². The first-order valence-corrected chi connectivity index (χ1v) is 5.27. The molecule has 0 fully saturated rings. The van der Waals surface area contributed by atoms with E-state index in [1.807, 2.05) is 0 Å². The van der Waals surface area contributed by atoms with Crippen LogP contribution in [0.5, 0.6) is 0 Å². The predicted octanol–water partition coefficient (Wildman–Crippen LogP) is 1.13. The minimum absolute atomic E-state index is 0.125. The SMILES string of the molecule is Cn1ccnc1C(=O)CNC(=O)OC(C)(C)C. The number of rotatable bonds is 3. The Labute approximate surface area is 100.0 Å². The lowest BCUT2D eigenvalue weighted by molar-refractivity contribution is 0.0519. The Morgan fingerprint density at radius 3 is 2.59 bits per heavy atom. The fourth-order valence-corrected chi connectivity index (χ4v) is 1.18. The van der Waals surface area contributed by atoms with Gasteiger partial charge in [-0.1, -0.05) is 0 Å². The smallest absolute Gasteiger partial charge is 0.408 e. The molecular formula is C11H17N3O3. The highest BCUT2D eigenvalue weighted by atomic mass is 16.6. The van der Waals surface area contributed by atoms with Crippen molar-refractivity contribution in [1.29, 1.82) is 0 Å². The molecule has 1 N–H and O–H groups in total. The number of carbonyl (C=O) groups is 2. The van der Waals surface area contributed by atoms with Crippen LogP contribution in [0, 0.1) is 0 Å². The highest BCUT2D eigenvalue weighted by Crippen LogP contribution is 2.06. The summed E-state index contributed by atoms with van der Waals surface area (Å²) < 4.78 is 6.60. The molecule has 1 heterocycles. The number of ketones is 1. The van der Waals surface area contributed by atoms with Gasteiger partial charge in [0.15, 0.2) is 5.82 Å². The summed E-state index contributed by atoms with van der Waals surface area (Å²) in [6.07, 6.45) is 2.58. The number of nitrogens with zero attached hydrogens (tertiary/aromatic N) is 2. The fourth-order valence-electron chi connectivity index (χ4n) is 1.18. The lowest BCUT2D eigenvalue weighted by atomic mass is 10.2. The highest BCUT2D eigenvalue weighted by Gasteiger charge is 2.18. The van der Waals surface area contributed by atoms with Crippen molar-refractivity contribution in [3.05, 3.63) is 18.2 Å². The lowest BCUT2D eigenvalue weighted by Crippen LogP contribution is -2.36. The number of ether oxygens (including phenoxy) is 1. The standard InChI is InChI=1S/C11H17N3O3/c1-11(2,3)17-10(16)13-7-8(15)9-12-5-6-14(9)4/h5-6H,7H2,1-4H3,(H,13,16). The second-order valence-corrected chi connectivity index (χ2v) is 4.64. The van der Waals surface area contributed by atoms with Crippen LogP contribution in [0.1, 0.15) is 31.4 Å². The van der Waals surface area contributed by atoms with Crippen molar-refractivity contribution in [2.24, 2.45) is 7.05 Å². The van der Waals surface area contributed by atoms with E-state index >= 15 is 0 Å². The highest BCUT2D eigenvalue weighted by molar-refractivity contribution is 5.95. The van der Waals surface area contributed by atoms with E-state index < -0.39 is 11.7 Å². The van der Waals surface area contributed by atoms with Crippen molar-refractivity contribution in [2.45, 2.75) is 26.4 Å². The molecule has 94 valence electrons. The van der Waals surface area contributed by atoms with Crippen LogP contribution in [0.4, 0.5) is 4.79 Å². The number of imidazole rings is 1. The first kappa shape index (κ1) is 13.2. The molecule has 0 aliphatic rings. The molecule has 0 aliphatic heterocycles. The van der Waals surface area contributed by atoms with Crippen LogP contribution in [-0.2, 0) is 11.8 Å². The minimum Gasteiger partial charge on any atom is -0.444 e. The topological polar surface area (TPSA) is 73.2 Å². The molecule has 6 nitrogen and oxygen atoms in total. The van der Waals surface area contributed by atoms with E-state index in [9.17, 15) is 9.59 Å². The Kier molecular flexibility index (Phi) is 3.88. The van der Waals surface area contributed by atoms with Crippen LogP contribution < -0.4 is 5.32 Å². The zero-order valence-electron chi connectivity index (χ0n) is 10.5. The molecule has 6 heteroatoms. The van der Waals surface area contributed by atoms with Gasteiger partial charge in [-0.25, -0.2) is 9.78 Å².